The van der Waals surface area contributed by atoms with E-state index in [0.29, 0.717) is 22.4 Å². The van der Waals surface area contributed by atoms with Gasteiger partial charge in [-0.15, -0.1) is 0 Å². The summed E-state index contributed by atoms with van der Waals surface area (Å²) in [6.07, 6.45) is 0. The van der Waals surface area contributed by atoms with Crippen molar-refractivity contribution < 1.29 is 19.4 Å². The van der Waals surface area contributed by atoms with Crippen LogP contribution in [0.1, 0.15) is 26.3 Å². The third-order valence-corrected chi connectivity index (χ3v) is 3.01. The molecule has 0 radical (unpaired) electrons. The van der Waals surface area contributed by atoms with Crippen molar-refractivity contribution in [1.29, 1.82) is 0 Å². The Morgan fingerprint density at radius 2 is 1.86 bits per heavy atom. The highest BCUT2D eigenvalue weighted by atomic mass is 16.5. The number of carbonyl (C=O) groups excluding carboxylic acids is 2. The van der Waals surface area contributed by atoms with Crippen molar-refractivity contribution >= 4 is 17.6 Å². The summed E-state index contributed by atoms with van der Waals surface area (Å²) >= 11 is 0. The number of ether oxygens (including phenoxy) is 1. The molecule has 21 heavy (non-hydrogen) atoms. The first-order chi connectivity index (χ1) is 10.0. The molecule has 0 heterocycles. The number of amides is 1. The maximum Gasteiger partial charge on any atom is 0.337 e. The second-order valence-electron chi connectivity index (χ2n) is 4.53. The fraction of sp³-hybridized carbons (Fsp3) is 0.125. The number of phenols is 1. The van der Waals surface area contributed by atoms with Gasteiger partial charge in [0.15, 0.2) is 0 Å². The Labute approximate surface area is 122 Å². The standard InChI is InChI=1S/C16H15NO4/c1-10-6-7-11(9-14(10)18)15(19)17-13-5-3-4-12(8-13)16(20)21-2/h3-9,18H,1-2H3,(H,17,19). The summed E-state index contributed by atoms with van der Waals surface area (Å²) < 4.78 is 4.63. The highest BCUT2D eigenvalue weighted by molar-refractivity contribution is 6.05. The Bertz CT molecular complexity index is 694. The molecule has 0 spiro atoms. The van der Waals surface area contributed by atoms with E-state index < -0.39 is 5.97 Å². The van der Waals surface area contributed by atoms with E-state index in [1.807, 2.05) is 0 Å². The van der Waals surface area contributed by atoms with Gasteiger partial charge in [-0.3, -0.25) is 4.79 Å². The van der Waals surface area contributed by atoms with E-state index in [1.165, 1.54) is 19.2 Å². The van der Waals surface area contributed by atoms with Crippen LogP contribution in [-0.4, -0.2) is 24.1 Å². The number of hydrogen-bond donors (Lipinski definition) is 2. The summed E-state index contributed by atoms with van der Waals surface area (Å²) in [4.78, 5) is 23.5. The van der Waals surface area contributed by atoms with Crippen LogP contribution in [0.2, 0.25) is 0 Å². The van der Waals surface area contributed by atoms with Gasteiger partial charge in [0.05, 0.1) is 12.7 Å². The fourth-order valence-corrected chi connectivity index (χ4v) is 1.80. The SMILES string of the molecule is COC(=O)c1cccc(NC(=O)c2ccc(C)c(O)c2)c1. The number of aromatic hydroxyl groups is 1. The lowest BCUT2D eigenvalue weighted by molar-refractivity contribution is 0.0600. The highest BCUT2D eigenvalue weighted by Crippen LogP contribution is 2.19. The van der Waals surface area contributed by atoms with Gasteiger partial charge in [0.2, 0.25) is 0 Å². The summed E-state index contributed by atoms with van der Waals surface area (Å²) in [5, 5.41) is 12.3. The molecule has 0 fully saturated rings. The number of anilines is 1. The quantitative estimate of drug-likeness (QED) is 0.850. The molecule has 5 heteroatoms. The van der Waals surface area contributed by atoms with Crippen LogP contribution in [0.25, 0.3) is 0 Å². The predicted molar refractivity (Wildman–Crippen MR) is 78.6 cm³/mol. The molecule has 2 aromatic rings. The lowest BCUT2D eigenvalue weighted by Gasteiger charge is -2.08. The second-order valence-corrected chi connectivity index (χ2v) is 4.53. The zero-order valence-corrected chi connectivity index (χ0v) is 11.7. The smallest absolute Gasteiger partial charge is 0.337 e. The summed E-state index contributed by atoms with van der Waals surface area (Å²) in [5.74, 6) is -0.780. The van der Waals surface area contributed by atoms with Crippen LogP contribution in [0.3, 0.4) is 0 Å². The monoisotopic (exact) mass is 285 g/mol. The van der Waals surface area contributed by atoms with Crippen LogP contribution in [0.15, 0.2) is 42.5 Å². The third-order valence-electron chi connectivity index (χ3n) is 3.01. The average Bonchev–Trinajstić information content (AvgIpc) is 2.49. The van der Waals surface area contributed by atoms with Gasteiger partial charge in [-0.05, 0) is 42.8 Å². The minimum Gasteiger partial charge on any atom is -0.508 e. The van der Waals surface area contributed by atoms with Crippen molar-refractivity contribution in [2.24, 2.45) is 0 Å². The second kappa shape index (κ2) is 6.09. The molecule has 0 aromatic heterocycles. The molecular weight excluding hydrogens is 270 g/mol. The molecule has 108 valence electrons. The molecular formula is C16H15NO4. The first-order valence-electron chi connectivity index (χ1n) is 6.30. The Balaban J connectivity index is 2.19. The van der Waals surface area contributed by atoms with Crippen LogP contribution in [0.5, 0.6) is 5.75 Å². The highest BCUT2D eigenvalue weighted by Gasteiger charge is 2.10. The molecule has 0 saturated heterocycles. The van der Waals surface area contributed by atoms with Gasteiger partial charge in [0.25, 0.3) is 5.91 Å². The minimum atomic E-state index is -0.473. The molecule has 0 aliphatic heterocycles. The van der Waals surface area contributed by atoms with Gasteiger partial charge in [0.1, 0.15) is 5.75 Å². The third kappa shape index (κ3) is 3.39. The maximum absolute atomic E-state index is 12.1. The number of hydrogen-bond acceptors (Lipinski definition) is 4. The van der Waals surface area contributed by atoms with Gasteiger partial charge < -0.3 is 15.2 Å². The molecule has 0 saturated carbocycles. The molecule has 0 unspecified atom stereocenters. The van der Waals surface area contributed by atoms with Crippen LogP contribution in [0.4, 0.5) is 5.69 Å². The predicted octanol–water partition coefficient (Wildman–Crippen LogP) is 2.74. The number of carbonyl (C=O) groups is 2. The van der Waals surface area contributed by atoms with E-state index >= 15 is 0 Å². The Morgan fingerprint density at radius 3 is 2.52 bits per heavy atom. The van der Waals surface area contributed by atoms with E-state index in [4.69, 9.17) is 0 Å². The average molecular weight is 285 g/mol. The zero-order chi connectivity index (χ0) is 15.4. The molecule has 2 N–H and O–H groups in total. The number of rotatable bonds is 3. The number of esters is 1. The largest absolute Gasteiger partial charge is 0.508 e. The lowest BCUT2D eigenvalue weighted by Crippen LogP contribution is -2.12. The topological polar surface area (TPSA) is 75.6 Å². The van der Waals surface area contributed by atoms with Crippen molar-refractivity contribution in [3.63, 3.8) is 0 Å². The van der Waals surface area contributed by atoms with Crippen molar-refractivity contribution in [2.75, 3.05) is 12.4 Å². The van der Waals surface area contributed by atoms with Crippen molar-refractivity contribution in [3.05, 3.63) is 59.2 Å². The Kier molecular flexibility index (Phi) is 4.23. The van der Waals surface area contributed by atoms with E-state index in [-0.39, 0.29) is 11.7 Å². The fourth-order valence-electron chi connectivity index (χ4n) is 1.80. The molecule has 0 atom stereocenters. The van der Waals surface area contributed by atoms with Gasteiger partial charge in [0, 0.05) is 11.3 Å². The summed E-state index contributed by atoms with van der Waals surface area (Å²) in [6, 6.07) is 11.1. The molecule has 2 aromatic carbocycles. The maximum atomic E-state index is 12.1. The lowest BCUT2D eigenvalue weighted by atomic mass is 10.1. The van der Waals surface area contributed by atoms with Crippen LogP contribution >= 0.6 is 0 Å². The Morgan fingerprint density at radius 1 is 1.10 bits per heavy atom. The molecule has 1 amide bonds. The summed E-state index contributed by atoms with van der Waals surface area (Å²) in [7, 11) is 1.29. The first-order valence-corrected chi connectivity index (χ1v) is 6.30. The first kappa shape index (κ1) is 14.6. The van der Waals surface area contributed by atoms with Gasteiger partial charge >= 0.3 is 5.97 Å². The van der Waals surface area contributed by atoms with Crippen molar-refractivity contribution in [1.82, 2.24) is 0 Å². The number of nitrogens with one attached hydrogen (secondary N) is 1. The van der Waals surface area contributed by atoms with Crippen molar-refractivity contribution in [2.45, 2.75) is 6.92 Å². The van der Waals surface area contributed by atoms with Crippen molar-refractivity contribution in [3.8, 4) is 5.75 Å². The number of benzene rings is 2. The molecule has 5 nitrogen and oxygen atoms in total. The number of aryl methyl sites for hydroxylation is 1. The normalized spacial score (nSPS) is 10.0. The van der Waals surface area contributed by atoms with E-state index in [2.05, 4.69) is 10.1 Å². The molecule has 0 aliphatic carbocycles. The van der Waals surface area contributed by atoms with E-state index in [0.717, 1.165) is 0 Å². The minimum absolute atomic E-state index is 0.0611. The molecule has 2 rings (SSSR count). The van der Waals surface area contributed by atoms with Gasteiger partial charge in [-0.2, -0.15) is 0 Å². The summed E-state index contributed by atoms with van der Waals surface area (Å²) in [5.41, 5.74) is 1.85. The van der Waals surface area contributed by atoms with Crippen LogP contribution in [0, 0.1) is 6.92 Å². The molecule has 0 bridgehead atoms. The Hall–Kier alpha value is -2.82. The van der Waals surface area contributed by atoms with E-state index in [9.17, 15) is 14.7 Å². The van der Waals surface area contributed by atoms with Crippen LogP contribution < -0.4 is 5.32 Å². The zero-order valence-electron chi connectivity index (χ0n) is 11.7. The van der Waals surface area contributed by atoms with Gasteiger partial charge in [-0.25, -0.2) is 4.79 Å². The number of methoxy groups -OCH3 is 1. The summed E-state index contributed by atoms with van der Waals surface area (Å²) in [6.45, 7) is 1.75. The number of phenolic OH excluding ortho intramolecular Hbond substituents is 1. The molecule has 0 aliphatic rings. The van der Waals surface area contributed by atoms with E-state index in [1.54, 1.807) is 37.3 Å². The van der Waals surface area contributed by atoms with Crippen LogP contribution in [-0.2, 0) is 4.74 Å². The van der Waals surface area contributed by atoms with Gasteiger partial charge in [-0.1, -0.05) is 12.1 Å².